The Labute approximate surface area is 158 Å². The first-order valence-corrected chi connectivity index (χ1v) is 12.4. The molecular formula is C20H45NO3Si. The highest BCUT2D eigenvalue weighted by Gasteiger charge is 2.38. The fraction of sp³-hybridized carbons (Fsp3) is 1.00. The van der Waals surface area contributed by atoms with Crippen LogP contribution in [0.25, 0.3) is 0 Å². The number of hydrogen-bond donors (Lipinski definition) is 1. The summed E-state index contributed by atoms with van der Waals surface area (Å²) in [6.45, 7) is 3.19. The Morgan fingerprint density at radius 3 is 1.16 bits per heavy atom. The normalized spacial score (nSPS) is 12.0. The van der Waals surface area contributed by atoms with Gasteiger partial charge in [0.05, 0.1) is 0 Å². The van der Waals surface area contributed by atoms with Gasteiger partial charge >= 0.3 is 8.97 Å². The van der Waals surface area contributed by atoms with Crippen LogP contribution in [0, 0.1) is 0 Å². The Kier molecular flexibility index (Phi) is 18.9. The zero-order chi connectivity index (χ0) is 18.6. The van der Waals surface area contributed by atoms with Crippen LogP contribution in [0.3, 0.4) is 0 Å². The van der Waals surface area contributed by atoms with Crippen LogP contribution in [0.1, 0.15) is 103 Å². The van der Waals surface area contributed by atoms with Crippen molar-refractivity contribution in [3.8, 4) is 0 Å². The molecule has 0 radical (unpaired) electrons. The largest absolute Gasteiger partial charge is 0.595 e. The van der Waals surface area contributed by atoms with Gasteiger partial charge in [0, 0.05) is 21.3 Å². The van der Waals surface area contributed by atoms with Crippen LogP contribution in [0.15, 0.2) is 0 Å². The third-order valence-corrected chi connectivity index (χ3v) is 7.22. The lowest BCUT2D eigenvalue weighted by atomic mass is 10.0. The molecule has 0 saturated heterocycles. The molecule has 0 spiro atoms. The van der Waals surface area contributed by atoms with Gasteiger partial charge in [-0.05, 0) is 13.0 Å². The monoisotopic (exact) mass is 375 g/mol. The maximum absolute atomic E-state index is 5.34. The summed E-state index contributed by atoms with van der Waals surface area (Å²) in [6.07, 6.45) is 20.8. The standard InChI is InChI=1S/C20H45NO3Si/c1-5-6-7-8-9-10-11-12-13-14-15-16-17-18-19-20-21-25(22-2,23-3)24-4/h21H,5-20H2,1-4H3. The van der Waals surface area contributed by atoms with Crippen molar-refractivity contribution < 1.29 is 13.3 Å². The SMILES string of the molecule is CCCCCCCCCCCCCCCCCN[Si](OC)(OC)OC. The topological polar surface area (TPSA) is 39.7 Å². The Hall–Kier alpha value is 0.0569. The summed E-state index contributed by atoms with van der Waals surface area (Å²) in [5, 5.41) is 0. The van der Waals surface area contributed by atoms with Crippen LogP contribution >= 0.6 is 0 Å². The van der Waals surface area contributed by atoms with E-state index in [1.165, 1.54) is 89.9 Å². The van der Waals surface area contributed by atoms with Crippen LogP contribution < -0.4 is 4.98 Å². The molecular weight excluding hydrogens is 330 g/mol. The minimum Gasteiger partial charge on any atom is -0.364 e. The van der Waals surface area contributed by atoms with E-state index in [1.807, 2.05) is 0 Å². The van der Waals surface area contributed by atoms with Crippen LogP contribution in [-0.2, 0) is 13.3 Å². The summed E-state index contributed by atoms with van der Waals surface area (Å²) in [7, 11) is 2.34. The molecule has 0 aromatic heterocycles. The van der Waals surface area contributed by atoms with Crippen LogP contribution in [0.2, 0.25) is 0 Å². The van der Waals surface area contributed by atoms with Crippen LogP contribution in [-0.4, -0.2) is 36.8 Å². The highest BCUT2D eigenvalue weighted by atomic mass is 28.4. The zero-order valence-electron chi connectivity index (χ0n) is 17.5. The quantitative estimate of drug-likeness (QED) is 0.215. The van der Waals surface area contributed by atoms with E-state index in [4.69, 9.17) is 13.3 Å². The number of nitrogens with one attached hydrogen (secondary N) is 1. The van der Waals surface area contributed by atoms with Crippen molar-refractivity contribution in [1.82, 2.24) is 4.98 Å². The smallest absolute Gasteiger partial charge is 0.364 e. The zero-order valence-corrected chi connectivity index (χ0v) is 18.5. The summed E-state index contributed by atoms with van der Waals surface area (Å²) in [4.78, 5) is 3.30. The molecule has 0 rings (SSSR count). The minimum absolute atomic E-state index is 0.903. The number of rotatable bonds is 20. The lowest BCUT2D eigenvalue weighted by molar-refractivity contribution is 0.110. The fourth-order valence-electron chi connectivity index (χ4n) is 3.20. The Morgan fingerprint density at radius 2 is 0.840 bits per heavy atom. The summed E-state index contributed by atoms with van der Waals surface area (Å²) in [5.74, 6) is 0. The molecule has 0 fully saturated rings. The second-order valence-electron chi connectivity index (χ2n) is 7.05. The molecule has 0 atom stereocenters. The van der Waals surface area contributed by atoms with Gasteiger partial charge in [-0.3, -0.25) is 4.98 Å². The molecule has 25 heavy (non-hydrogen) atoms. The van der Waals surface area contributed by atoms with Crippen molar-refractivity contribution in [3.63, 3.8) is 0 Å². The van der Waals surface area contributed by atoms with Crippen molar-refractivity contribution in [2.24, 2.45) is 0 Å². The molecule has 0 aromatic carbocycles. The molecule has 0 aromatic rings. The van der Waals surface area contributed by atoms with Gasteiger partial charge in [0.15, 0.2) is 0 Å². The van der Waals surface area contributed by atoms with Crippen molar-refractivity contribution in [2.45, 2.75) is 103 Å². The second kappa shape index (κ2) is 18.8. The number of hydrogen-bond acceptors (Lipinski definition) is 4. The Bertz CT molecular complexity index is 255. The van der Waals surface area contributed by atoms with E-state index in [9.17, 15) is 0 Å². The molecule has 1 N–H and O–H groups in total. The van der Waals surface area contributed by atoms with Crippen LogP contribution in [0.4, 0.5) is 0 Å². The highest BCUT2D eigenvalue weighted by molar-refractivity contribution is 6.57. The molecule has 152 valence electrons. The maximum Gasteiger partial charge on any atom is 0.595 e. The van der Waals surface area contributed by atoms with Gasteiger partial charge in [0.25, 0.3) is 0 Å². The van der Waals surface area contributed by atoms with Crippen molar-refractivity contribution in [2.75, 3.05) is 27.9 Å². The van der Waals surface area contributed by atoms with Crippen molar-refractivity contribution >= 4 is 8.97 Å². The molecule has 5 heteroatoms. The van der Waals surface area contributed by atoms with Gasteiger partial charge in [0.2, 0.25) is 0 Å². The van der Waals surface area contributed by atoms with E-state index in [0.29, 0.717) is 0 Å². The molecule has 0 amide bonds. The summed E-state index contributed by atoms with van der Waals surface area (Å²) >= 11 is 0. The van der Waals surface area contributed by atoms with Crippen molar-refractivity contribution in [3.05, 3.63) is 0 Å². The first-order chi connectivity index (χ1) is 12.2. The van der Waals surface area contributed by atoms with E-state index >= 15 is 0 Å². The van der Waals surface area contributed by atoms with E-state index in [1.54, 1.807) is 21.3 Å². The minimum atomic E-state index is -2.57. The van der Waals surface area contributed by atoms with Gasteiger partial charge < -0.3 is 13.3 Å². The van der Waals surface area contributed by atoms with Gasteiger partial charge in [-0.25, -0.2) is 0 Å². The third kappa shape index (κ3) is 14.9. The third-order valence-electron chi connectivity index (χ3n) is 4.93. The summed E-state index contributed by atoms with van der Waals surface area (Å²) in [5.41, 5.74) is 0. The number of unbranched alkanes of at least 4 members (excludes halogenated alkanes) is 14. The predicted molar refractivity (Wildman–Crippen MR) is 110 cm³/mol. The van der Waals surface area contributed by atoms with Gasteiger partial charge in [-0.2, -0.15) is 0 Å². The Balaban J connectivity index is 3.21. The second-order valence-corrected chi connectivity index (χ2v) is 9.74. The van der Waals surface area contributed by atoms with Crippen molar-refractivity contribution in [1.29, 1.82) is 0 Å². The Morgan fingerprint density at radius 1 is 0.520 bits per heavy atom. The average Bonchev–Trinajstić information content (AvgIpc) is 2.65. The summed E-state index contributed by atoms with van der Waals surface area (Å²) in [6, 6.07) is 0. The molecule has 0 unspecified atom stereocenters. The molecule has 0 aliphatic heterocycles. The predicted octanol–water partition coefficient (Wildman–Crippen LogP) is 5.82. The van der Waals surface area contributed by atoms with E-state index in [2.05, 4.69) is 11.9 Å². The van der Waals surface area contributed by atoms with E-state index in [-0.39, 0.29) is 0 Å². The molecule has 0 bridgehead atoms. The average molecular weight is 376 g/mol. The van der Waals surface area contributed by atoms with Gasteiger partial charge in [0.1, 0.15) is 0 Å². The van der Waals surface area contributed by atoms with Crippen LogP contribution in [0.5, 0.6) is 0 Å². The van der Waals surface area contributed by atoms with Gasteiger partial charge in [-0.1, -0.05) is 96.8 Å². The fourth-order valence-corrected chi connectivity index (χ4v) is 4.62. The van der Waals surface area contributed by atoms with E-state index < -0.39 is 8.97 Å². The molecule has 0 heterocycles. The lowest BCUT2D eigenvalue weighted by Gasteiger charge is -2.24. The highest BCUT2D eigenvalue weighted by Crippen LogP contribution is 2.13. The molecule has 0 saturated carbocycles. The molecule has 4 nitrogen and oxygen atoms in total. The maximum atomic E-state index is 5.34. The lowest BCUT2D eigenvalue weighted by Crippen LogP contribution is -2.57. The first kappa shape index (κ1) is 25.1. The van der Waals surface area contributed by atoms with Gasteiger partial charge in [-0.15, -0.1) is 0 Å². The molecule has 0 aliphatic carbocycles. The first-order valence-electron chi connectivity index (χ1n) is 10.6. The van der Waals surface area contributed by atoms with E-state index in [0.717, 1.165) is 13.0 Å². The summed E-state index contributed by atoms with van der Waals surface area (Å²) < 4.78 is 16.0. The molecule has 0 aliphatic rings.